The fourth-order valence-electron chi connectivity index (χ4n) is 2.93. The number of nitrogens with one attached hydrogen (secondary N) is 1. The third-order valence-electron chi connectivity index (χ3n) is 3.98. The van der Waals surface area contributed by atoms with Crippen LogP contribution >= 0.6 is 27.5 Å². The molecule has 3 rings (SSSR count). The van der Waals surface area contributed by atoms with Gasteiger partial charge < -0.3 is 5.32 Å². The zero-order chi connectivity index (χ0) is 14.1. The Balaban J connectivity index is 1.77. The van der Waals surface area contributed by atoms with E-state index in [9.17, 15) is 0 Å². The van der Waals surface area contributed by atoms with Crippen molar-refractivity contribution in [2.24, 2.45) is 0 Å². The van der Waals surface area contributed by atoms with Crippen molar-refractivity contribution in [3.63, 3.8) is 0 Å². The largest absolute Gasteiger partial charge is 0.303 e. The van der Waals surface area contributed by atoms with Crippen LogP contribution in [0.15, 0.2) is 46.9 Å². The number of aryl methyl sites for hydroxylation is 1. The van der Waals surface area contributed by atoms with E-state index in [-0.39, 0.29) is 0 Å². The fourth-order valence-corrected chi connectivity index (χ4v) is 3.54. The van der Waals surface area contributed by atoms with E-state index in [1.54, 1.807) is 0 Å². The van der Waals surface area contributed by atoms with Gasteiger partial charge in [0.15, 0.2) is 0 Å². The van der Waals surface area contributed by atoms with Crippen LogP contribution in [-0.2, 0) is 6.42 Å². The standard InChI is InChI=1S/C17H17BrClN/c1-11(12-3-2-4-14(18)9-12)20-17-8-5-13-10-15(19)6-7-16(13)17/h2-4,6-7,9-11,17,20H,5,8H2,1H3/t11-,17?/m1/s1. The maximum absolute atomic E-state index is 6.06. The molecule has 2 aromatic carbocycles. The Morgan fingerprint density at radius 1 is 1.25 bits per heavy atom. The summed E-state index contributed by atoms with van der Waals surface area (Å²) in [4.78, 5) is 0. The van der Waals surface area contributed by atoms with Crippen molar-refractivity contribution in [3.05, 3.63) is 68.7 Å². The van der Waals surface area contributed by atoms with Crippen molar-refractivity contribution in [2.45, 2.75) is 31.8 Å². The quantitative estimate of drug-likeness (QED) is 0.777. The summed E-state index contributed by atoms with van der Waals surface area (Å²) in [7, 11) is 0. The molecule has 2 aromatic rings. The molecule has 0 bridgehead atoms. The molecule has 1 aliphatic carbocycles. The van der Waals surface area contributed by atoms with E-state index in [0.29, 0.717) is 12.1 Å². The summed E-state index contributed by atoms with van der Waals surface area (Å²) in [5, 5.41) is 4.57. The first-order chi connectivity index (χ1) is 9.63. The highest BCUT2D eigenvalue weighted by Crippen LogP contribution is 2.34. The second kappa shape index (κ2) is 5.88. The Hall–Kier alpha value is -0.830. The van der Waals surface area contributed by atoms with E-state index in [4.69, 9.17) is 11.6 Å². The Labute approximate surface area is 133 Å². The number of hydrogen-bond donors (Lipinski definition) is 1. The summed E-state index contributed by atoms with van der Waals surface area (Å²) in [6.45, 7) is 2.22. The Bertz CT molecular complexity index is 626. The second-order valence-corrected chi connectivity index (χ2v) is 6.73. The zero-order valence-electron chi connectivity index (χ0n) is 11.4. The van der Waals surface area contributed by atoms with Gasteiger partial charge in [-0.25, -0.2) is 0 Å². The number of benzene rings is 2. The van der Waals surface area contributed by atoms with Gasteiger partial charge in [-0.15, -0.1) is 0 Å². The molecule has 1 N–H and O–H groups in total. The van der Waals surface area contributed by atoms with Crippen molar-refractivity contribution in [1.29, 1.82) is 0 Å². The lowest BCUT2D eigenvalue weighted by Crippen LogP contribution is -2.23. The van der Waals surface area contributed by atoms with Crippen LogP contribution < -0.4 is 5.32 Å². The van der Waals surface area contributed by atoms with Gasteiger partial charge in [-0.05, 0) is 60.7 Å². The van der Waals surface area contributed by atoms with Crippen LogP contribution in [0.1, 0.15) is 42.1 Å². The molecule has 0 aromatic heterocycles. The lowest BCUT2D eigenvalue weighted by molar-refractivity contribution is 0.465. The van der Waals surface area contributed by atoms with Crippen molar-refractivity contribution < 1.29 is 0 Å². The third-order valence-corrected chi connectivity index (χ3v) is 4.71. The minimum absolute atomic E-state index is 0.333. The summed E-state index contributed by atoms with van der Waals surface area (Å²) in [5.74, 6) is 0. The highest BCUT2D eigenvalue weighted by atomic mass is 79.9. The maximum Gasteiger partial charge on any atom is 0.0408 e. The number of fused-ring (bicyclic) bond motifs is 1. The van der Waals surface area contributed by atoms with Gasteiger partial charge in [0.1, 0.15) is 0 Å². The van der Waals surface area contributed by atoms with Crippen molar-refractivity contribution >= 4 is 27.5 Å². The Morgan fingerprint density at radius 2 is 2.10 bits per heavy atom. The van der Waals surface area contributed by atoms with Gasteiger partial charge in [0, 0.05) is 21.6 Å². The van der Waals surface area contributed by atoms with Gasteiger partial charge in [-0.1, -0.05) is 45.7 Å². The van der Waals surface area contributed by atoms with Crippen molar-refractivity contribution in [3.8, 4) is 0 Å². The predicted molar refractivity (Wildman–Crippen MR) is 88.2 cm³/mol. The van der Waals surface area contributed by atoms with Crippen LogP contribution in [0, 0.1) is 0 Å². The Kier molecular flexibility index (Phi) is 4.16. The van der Waals surface area contributed by atoms with Gasteiger partial charge in [0.25, 0.3) is 0 Å². The molecule has 1 nitrogen and oxygen atoms in total. The van der Waals surface area contributed by atoms with E-state index in [0.717, 1.165) is 22.3 Å². The Morgan fingerprint density at radius 3 is 2.90 bits per heavy atom. The monoisotopic (exact) mass is 349 g/mol. The first-order valence-corrected chi connectivity index (χ1v) is 8.10. The minimum atomic E-state index is 0.333. The zero-order valence-corrected chi connectivity index (χ0v) is 13.7. The molecule has 20 heavy (non-hydrogen) atoms. The topological polar surface area (TPSA) is 12.0 Å². The van der Waals surface area contributed by atoms with E-state index < -0.39 is 0 Å². The molecule has 0 radical (unpaired) electrons. The molecule has 0 saturated carbocycles. The van der Waals surface area contributed by atoms with Crippen LogP contribution in [0.2, 0.25) is 5.02 Å². The first kappa shape index (κ1) is 14.1. The third kappa shape index (κ3) is 2.93. The molecule has 104 valence electrons. The van der Waals surface area contributed by atoms with Crippen molar-refractivity contribution in [1.82, 2.24) is 5.32 Å². The van der Waals surface area contributed by atoms with Gasteiger partial charge in [-0.3, -0.25) is 0 Å². The smallest absolute Gasteiger partial charge is 0.0408 e. The normalized spacial score (nSPS) is 18.9. The van der Waals surface area contributed by atoms with Gasteiger partial charge in [0.2, 0.25) is 0 Å². The summed E-state index contributed by atoms with van der Waals surface area (Å²) in [6, 6.07) is 15.5. The number of rotatable bonds is 3. The summed E-state index contributed by atoms with van der Waals surface area (Å²) in [6.07, 6.45) is 2.26. The molecule has 0 amide bonds. The fraction of sp³-hybridized carbons (Fsp3) is 0.294. The van der Waals surface area contributed by atoms with Gasteiger partial charge in [0.05, 0.1) is 0 Å². The molecule has 1 unspecified atom stereocenters. The molecule has 0 spiro atoms. The average Bonchev–Trinajstić information content (AvgIpc) is 2.81. The van der Waals surface area contributed by atoms with E-state index >= 15 is 0 Å². The maximum atomic E-state index is 6.06. The van der Waals surface area contributed by atoms with E-state index in [1.807, 2.05) is 6.07 Å². The van der Waals surface area contributed by atoms with Crippen LogP contribution in [-0.4, -0.2) is 0 Å². The highest BCUT2D eigenvalue weighted by molar-refractivity contribution is 9.10. The highest BCUT2D eigenvalue weighted by Gasteiger charge is 2.24. The van der Waals surface area contributed by atoms with Gasteiger partial charge in [-0.2, -0.15) is 0 Å². The summed E-state index contributed by atoms with van der Waals surface area (Å²) < 4.78 is 1.13. The second-order valence-electron chi connectivity index (χ2n) is 5.38. The van der Waals surface area contributed by atoms with Crippen LogP contribution in [0.5, 0.6) is 0 Å². The molecule has 1 aliphatic rings. The lowest BCUT2D eigenvalue weighted by atomic mass is 10.0. The molecule has 0 fully saturated rings. The molecule has 2 atom stereocenters. The van der Waals surface area contributed by atoms with Crippen LogP contribution in [0.4, 0.5) is 0 Å². The summed E-state index contributed by atoms with van der Waals surface area (Å²) >= 11 is 9.60. The van der Waals surface area contributed by atoms with E-state index in [1.165, 1.54) is 16.7 Å². The molecular weight excluding hydrogens is 334 g/mol. The molecular formula is C17H17BrClN. The van der Waals surface area contributed by atoms with Crippen LogP contribution in [0.3, 0.4) is 0 Å². The average molecular weight is 351 g/mol. The number of halogens is 2. The molecule has 0 heterocycles. The van der Waals surface area contributed by atoms with Crippen LogP contribution in [0.25, 0.3) is 0 Å². The van der Waals surface area contributed by atoms with Gasteiger partial charge >= 0.3 is 0 Å². The molecule has 0 aliphatic heterocycles. The molecule has 0 saturated heterocycles. The predicted octanol–water partition coefficient (Wildman–Crippen LogP) is 5.44. The SMILES string of the molecule is C[C@@H](NC1CCc2cc(Cl)ccc21)c1cccc(Br)c1. The summed E-state index contributed by atoms with van der Waals surface area (Å²) in [5.41, 5.74) is 4.09. The number of hydrogen-bond acceptors (Lipinski definition) is 1. The first-order valence-electron chi connectivity index (χ1n) is 6.93. The minimum Gasteiger partial charge on any atom is -0.303 e. The lowest BCUT2D eigenvalue weighted by Gasteiger charge is -2.21. The van der Waals surface area contributed by atoms with E-state index in [2.05, 4.69) is 64.6 Å². The van der Waals surface area contributed by atoms with Crippen molar-refractivity contribution in [2.75, 3.05) is 0 Å². The molecule has 3 heteroatoms.